The lowest BCUT2D eigenvalue weighted by atomic mass is 9.93. The second-order valence-electron chi connectivity index (χ2n) is 5.56. The molecule has 0 bridgehead atoms. The number of thiazole rings is 1. The van der Waals surface area contributed by atoms with Crippen molar-refractivity contribution in [2.24, 2.45) is 0 Å². The van der Waals surface area contributed by atoms with Crippen LogP contribution in [0.25, 0.3) is 0 Å². The van der Waals surface area contributed by atoms with Gasteiger partial charge in [-0.25, -0.2) is 4.98 Å². The summed E-state index contributed by atoms with van der Waals surface area (Å²) < 4.78 is 5.41. The fourth-order valence-corrected chi connectivity index (χ4v) is 2.31. The van der Waals surface area contributed by atoms with E-state index in [9.17, 15) is 0 Å². The molecule has 0 aliphatic carbocycles. The number of rotatable bonds is 7. The zero-order chi connectivity index (χ0) is 13.6. The molecule has 1 aromatic heterocycles. The molecule has 18 heavy (non-hydrogen) atoms. The van der Waals surface area contributed by atoms with Crippen molar-refractivity contribution in [3.8, 4) is 0 Å². The summed E-state index contributed by atoms with van der Waals surface area (Å²) in [5, 5.41) is 6.62. The Balaban J connectivity index is 2.20. The Morgan fingerprint density at radius 3 is 2.78 bits per heavy atom. The maximum Gasteiger partial charge on any atom is 0.107 e. The lowest BCUT2D eigenvalue weighted by molar-refractivity contribution is 0.157. The normalized spacial score (nSPS) is 11.8. The van der Waals surface area contributed by atoms with Crippen molar-refractivity contribution in [2.45, 2.75) is 39.7 Å². The first-order chi connectivity index (χ1) is 8.39. The van der Waals surface area contributed by atoms with Gasteiger partial charge in [0.25, 0.3) is 0 Å². The summed E-state index contributed by atoms with van der Waals surface area (Å²) in [4.78, 5) is 4.63. The Bertz CT molecular complexity index is 379. The second-order valence-corrected chi connectivity index (χ2v) is 6.51. The topological polar surface area (TPSA) is 34.1 Å². The molecule has 1 N–H and O–H groups in total. The summed E-state index contributed by atoms with van der Waals surface area (Å²) in [5.41, 5.74) is 2.37. The van der Waals surface area contributed by atoms with E-state index >= 15 is 0 Å². The molecule has 0 saturated carbocycles. The molecule has 3 nitrogen and oxygen atoms in total. The van der Waals surface area contributed by atoms with Gasteiger partial charge in [0.1, 0.15) is 5.01 Å². The van der Waals surface area contributed by atoms with Crippen LogP contribution in [0.15, 0.2) is 17.5 Å². The number of aromatic nitrogens is 1. The van der Waals surface area contributed by atoms with Gasteiger partial charge in [-0.05, 0) is 6.92 Å². The van der Waals surface area contributed by atoms with Crippen molar-refractivity contribution >= 4 is 11.3 Å². The van der Waals surface area contributed by atoms with Crippen LogP contribution < -0.4 is 5.32 Å². The van der Waals surface area contributed by atoms with Gasteiger partial charge in [-0.3, -0.25) is 0 Å². The molecular formula is C14H24N2OS. The van der Waals surface area contributed by atoms with Crippen molar-refractivity contribution in [3.05, 3.63) is 28.2 Å². The van der Waals surface area contributed by atoms with E-state index in [1.807, 2.05) is 6.92 Å². The smallest absolute Gasteiger partial charge is 0.107 e. The first-order valence-corrected chi connectivity index (χ1v) is 7.15. The van der Waals surface area contributed by atoms with Gasteiger partial charge in [0, 0.05) is 23.9 Å². The summed E-state index contributed by atoms with van der Waals surface area (Å²) in [6, 6.07) is 0. The molecule has 102 valence electrons. The van der Waals surface area contributed by atoms with Crippen LogP contribution in [0.4, 0.5) is 0 Å². The summed E-state index contributed by atoms with van der Waals surface area (Å²) in [6.45, 7) is 15.3. The Morgan fingerprint density at radius 1 is 1.50 bits per heavy atom. The van der Waals surface area contributed by atoms with Crippen LogP contribution in [0, 0.1) is 0 Å². The zero-order valence-corrected chi connectivity index (χ0v) is 12.7. The molecule has 0 atom stereocenters. The van der Waals surface area contributed by atoms with Crippen molar-refractivity contribution in [1.82, 2.24) is 10.3 Å². The van der Waals surface area contributed by atoms with E-state index in [0.29, 0.717) is 13.2 Å². The highest BCUT2D eigenvalue weighted by Crippen LogP contribution is 2.23. The molecule has 0 saturated heterocycles. The monoisotopic (exact) mass is 268 g/mol. The molecule has 1 heterocycles. The third kappa shape index (κ3) is 5.76. The average Bonchev–Trinajstić information content (AvgIpc) is 2.71. The van der Waals surface area contributed by atoms with Crippen LogP contribution in [0.2, 0.25) is 0 Å². The molecule has 0 aromatic carbocycles. The largest absolute Gasteiger partial charge is 0.376 e. The number of ether oxygens (including phenoxy) is 1. The van der Waals surface area contributed by atoms with E-state index in [-0.39, 0.29) is 5.41 Å². The first kappa shape index (κ1) is 15.3. The summed E-state index contributed by atoms with van der Waals surface area (Å²) in [7, 11) is 0. The molecule has 0 amide bonds. The van der Waals surface area contributed by atoms with E-state index in [4.69, 9.17) is 4.74 Å². The number of hydrogen-bond donors (Lipinski definition) is 1. The molecule has 1 rings (SSSR count). The highest BCUT2D eigenvalue weighted by molar-refractivity contribution is 7.09. The van der Waals surface area contributed by atoms with E-state index in [0.717, 1.165) is 23.7 Å². The fraction of sp³-hybridized carbons (Fsp3) is 0.643. The maximum atomic E-state index is 5.41. The Labute approximate surface area is 114 Å². The SMILES string of the molecule is C=C(C)COCCNCc1nc(C(C)(C)C)cs1. The van der Waals surface area contributed by atoms with E-state index in [1.54, 1.807) is 11.3 Å². The van der Waals surface area contributed by atoms with Gasteiger partial charge in [0.05, 0.1) is 18.9 Å². The first-order valence-electron chi connectivity index (χ1n) is 6.27. The van der Waals surface area contributed by atoms with Crippen molar-refractivity contribution in [2.75, 3.05) is 19.8 Å². The van der Waals surface area contributed by atoms with Gasteiger partial charge in [-0.2, -0.15) is 0 Å². The standard InChI is InChI=1S/C14H24N2OS/c1-11(2)9-17-7-6-15-8-13-16-12(10-18-13)14(3,4)5/h10,15H,1,6-9H2,2-5H3. The third-order valence-corrected chi connectivity index (χ3v) is 3.22. The van der Waals surface area contributed by atoms with Crippen LogP contribution in [-0.4, -0.2) is 24.7 Å². The highest BCUT2D eigenvalue weighted by Gasteiger charge is 2.16. The van der Waals surface area contributed by atoms with Gasteiger partial charge < -0.3 is 10.1 Å². The van der Waals surface area contributed by atoms with Crippen LogP contribution in [0.3, 0.4) is 0 Å². The Hall–Kier alpha value is -0.710. The summed E-state index contributed by atoms with van der Waals surface area (Å²) in [6.07, 6.45) is 0. The summed E-state index contributed by atoms with van der Waals surface area (Å²) in [5.74, 6) is 0. The van der Waals surface area contributed by atoms with Crippen LogP contribution in [-0.2, 0) is 16.7 Å². The quantitative estimate of drug-likeness (QED) is 0.609. The molecule has 0 aliphatic heterocycles. The van der Waals surface area contributed by atoms with Crippen LogP contribution in [0.5, 0.6) is 0 Å². The van der Waals surface area contributed by atoms with Gasteiger partial charge in [-0.1, -0.05) is 32.9 Å². The predicted molar refractivity (Wildman–Crippen MR) is 78.2 cm³/mol. The van der Waals surface area contributed by atoms with E-state index in [2.05, 4.69) is 43.0 Å². The average molecular weight is 268 g/mol. The van der Waals surface area contributed by atoms with Crippen molar-refractivity contribution in [1.29, 1.82) is 0 Å². The number of nitrogens with one attached hydrogen (secondary N) is 1. The maximum absolute atomic E-state index is 5.41. The van der Waals surface area contributed by atoms with Crippen molar-refractivity contribution < 1.29 is 4.74 Å². The lowest BCUT2D eigenvalue weighted by Gasteiger charge is -2.14. The number of nitrogens with zero attached hydrogens (tertiary/aromatic N) is 1. The molecule has 0 fully saturated rings. The van der Waals surface area contributed by atoms with Gasteiger partial charge in [0.2, 0.25) is 0 Å². The second kappa shape index (κ2) is 7.02. The van der Waals surface area contributed by atoms with Gasteiger partial charge >= 0.3 is 0 Å². The third-order valence-electron chi connectivity index (χ3n) is 2.37. The minimum absolute atomic E-state index is 0.138. The Morgan fingerprint density at radius 2 is 2.22 bits per heavy atom. The molecule has 0 unspecified atom stereocenters. The molecular weight excluding hydrogens is 244 g/mol. The number of hydrogen-bond acceptors (Lipinski definition) is 4. The van der Waals surface area contributed by atoms with E-state index < -0.39 is 0 Å². The molecule has 0 aliphatic rings. The fourth-order valence-electron chi connectivity index (χ4n) is 1.32. The van der Waals surface area contributed by atoms with Gasteiger partial charge in [0.15, 0.2) is 0 Å². The lowest BCUT2D eigenvalue weighted by Crippen LogP contribution is -2.20. The molecule has 0 radical (unpaired) electrons. The molecule has 4 heteroatoms. The highest BCUT2D eigenvalue weighted by atomic mass is 32.1. The van der Waals surface area contributed by atoms with Crippen LogP contribution in [0.1, 0.15) is 38.4 Å². The Kier molecular flexibility index (Phi) is 5.99. The van der Waals surface area contributed by atoms with E-state index in [1.165, 1.54) is 5.69 Å². The molecule has 0 spiro atoms. The predicted octanol–water partition coefficient (Wildman–Crippen LogP) is 3.12. The zero-order valence-electron chi connectivity index (χ0n) is 11.9. The minimum atomic E-state index is 0.138. The minimum Gasteiger partial charge on any atom is -0.376 e. The molecule has 1 aromatic rings. The van der Waals surface area contributed by atoms with Gasteiger partial charge in [-0.15, -0.1) is 11.3 Å². The van der Waals surface area contributed by atoms with Crippen LogP contribution >= 0.6 is 11.3 Å². The van der Waals surface area contributed by atoms with Crippen molar-refractivity contribution in [3.63, 3.8) is 0 Å². The summed E-state index contributed by atoms with van der Waals surface area (Å²) >= 11 is 1.72.